The van der Waals surface area contributed by atoms with E-state index in [4.69, 9.17) is 15.2 Å². The number of carbonyl (C=O) groups is 1. The monoisotopic (exact) mass is 323 g/mol. The van der Waals surface area contributed by atoms with Gasteiger partial charge >= 0.3 is 0 Å². The van der Waals surface area contributed by atoms with Crippen LogP contribution in [0.15, 0.2) is 36.4 Å². The molecule has 4 rings (SSSR count). The molecule has 2 aromatic carbocycles. The molecule has 4 nitrogen and oxygen atoms in total. The van der Waals surface area contributed by atoms with E-state index in [9.17, 15) is 4.79 Å². The number of carbonyl (C=O) groups excluding carboxylic acids is 1. The highest BCUT2D eigenvalue weighted by Gasteiger charge is 2.43. The van der Waals surface area contributed by atoms with E-state index in [1.54, 1.807) is 19.2 Å². The van der Waals surface area contributed by atoms with E-state index < -0.39 is 5.91 Å². The summed E-state index contributed by atoms with van der Waals surface area (Å²) in [6.45, 7) is 0.846. The van der Waals surface area contributed by atoms with Crippen LogP contribution in [0.3, 0.4) is 0 Å². The average Bonchev–Trinajstić information content (AvgIpc) is 3.20. The van der Waals surface area contributed by atoms with E-state index in [1.165, 1.54) is 16.7 Å². The molecule has 0 bridgehead atoms. The van der Waals surface area contributed by atoms with Gasteiger partial charge in [0.1, 0.15) is 5.75 Å². The summed E-state index contributed by atoms with van der Waals surface area (Å²) in [7, 11) is 1.72. The maximum atomic E-state index is 11.3. The van der Waals surface area contributed by atoms with Crippen molar-refractivity contribution in [2.45, 2.75) is 31.3 Å². The highest BCUT2D eigenvalue weighted by Crippen LogP contribution is 2.46. The lowest BCUT2D eigenvalue weighted by Gasteiger charge is -2.21. The van der Waals surface area contributed by atoms with Crippen LogP contribution < -0.4 is 10.5 Å². The molecule has 2 aromatic rings. The molecule has 4 heteroatoms. The molecule has 24 heavy (non-hydrogen) atoms. The number of ether oxygens (including phenoxy) is 2. The van der Waals surface area contributed by atoms with Gasteiger partial charge in [0, 0.05) is 30.6 Å². The van der Waals surface area contributed by atoms with Crippen LogP contribution in [0.1, 0.15) is 34.3 Å². The van der Waals surface area contributed by atoms with Crippen LogP contribution in [0.5, 0.6) is 5.75 Å². The summed E-state index contributed by atoms with van der Waals surface area (Å²) in [5.74, 6) is 0.537. The van der Waals surface area contributed by atoms with Gasteiger partial charge in [0.15, 0.2) is 0 Å². The molecule has 1 saturated heterocycles. The molecule has 1 heterocycles. The Kier molecular flexibility index (Phi) is 3.57. The first-order valence-corrected chi connectivity index (χ1v) is 8.35. The Labute approximate surface area is 141 Å². The van der Waals surface area contributed by atoms with Gasteiger partial charge in [-0.2, -0.15) is 0 Å². The van der Waals surface area contributed by atoms with Gasteiger partial charge in [-0.1, -0.05) is 18.2 Å². The van der Waals surface area contributed by atoms with Crippen molar-refractivity contribution in [3.05, 3.63) is 53.1 Å². The van der Waals surface area contributed by atoms with Gasteiger partial charge in [0.2, 0.25) is 5.91 Å². The molecule has 1 aliphatic heterocycles. The minimum atomic E-state index is -0.403. The van der Waals surface area contributed by atoms with Crippen molar-refractivity contribution in [1.29, 1.82) is 0 Å². The molecule has 0 aromatic heterocycles. The standard InChI is InChI=1S/C20H21NO3/c1-23-18-8-7-15(13-3-5-14(6-4-13)19(21)22)16-11-20(12-17(16)18)9-2-10-24-20/h3-8H,2,9-12H2,1H3,(H2,21,22). The van der Waals surface area contributed by atoms with Crippen LogP contribution in [0, 0.1) is 0 Å². The molecule has 0 radical (unpaired) electrons. The summed E-state index contributed by atoms with van der Waals surface area (Å²) in [5, 5.41) is 0. The second-order valence-corrected chi connectivity index (χ2v) is 6.70. The first-order valence-electron chi connectivity index (χ1n) is 8.35. The number of amides is 1. The molecule has 1 amide bonds. The van der Waals surface area contributed by atoms with Crippen molar-refractivity contribution in [3.8, 4) is 16.9 Å². The van der Waals surface area contributed by atoms with Gasteiger partial charge in [-0.25, -0.2) is 0 Å². The second-order valence-electron chi connectivity index (χ2n) is 6.70. The lowest BCUT2D eigenvalue weighted by atomic mass is 9.94. The maximum absolute atomic E-state index is 11.3. The quantitative estimate of drug-likeness (QED) is 0.944. The van der Waals surface area contributed by atoms with Crippen molar-refractivity contribution in [2.24, 2.45) is 5.73 Å². The Morgan fingerprint density at radius 1 is 1.12 bits per heavy atom. The molecule has 1 spiro atoms. The Morgan fingerprint density at radius 2 is 1.88 bits per heavy atom. The zero-order valence-corrected chi connectivity index (χ0v) is 13.8. The minimum absolute atomic E-state index is 0.0567. The minimum Gasteiger partial charge on any atom is -0.496 e. The number of primary amides is 1. The largest absolute Gasteiger partial charge is 0.496 e. The fourth-order valence-corrected chi connectivity index (χ4v) is 4.08. The molecular formula is C20H21NO3. The van der Waals surface area contributed by atoms with Crippen LogP contribution in [0.4, 0.5) is 0 Å². The van der Waals surface area contributed by atoms with Gasteiger partial charge in [0.25, 0.3) is 0 Å². The Bertz CT molecular complexity index is 789. The summed E-state index contributed by atoms with van der Waals surface area (Å²) in [5.41, 5.74) is 10.7. The normalized spacial score (nSPS) is 21.9. The van der Waals surface area contributed by atoms with Gasteiger partial charge in [-0.05, 0) is 47.7 Å². The number of rotatable bonds is 3. The van der Waals surface area contributed by atoms with E-state index in [1.807, 2.05) is 18.2 Å². The average molecular weight is 323 g/mol. The van der Waals surface area contributed by atoms with Crippen molar-refractivity contribution in [3.63, 3.8) is 0 Å². The molecule has 1 aliphatic carbocycles. The third kappa shape index (κ3) is 2.38. The Hall–Kier alpha value is -2.33. The molecule has 1 fully saturated rings. The number of hydrogen-bond donors (Lipinski definition) is 1. The third-order valence-electron chi connectivity index (χ3n) is 5.27. The number of hydrogen-bond acceptors (Lipinski definition) is 3. The summed E-state index contributed by atoms with van der Waals surface area (Å²) >= 11 is 0. The Balaban J connectivity index is 1.78. The lowest BCUT2D eigenvalue weighted by Crippen LogP contribution is -2.28. The topological polar surface area (TPSA) is 61.5 Å². The number of nitrogens with two attached hydrogens (primary N) is 1. The third-order valence-corrected chi connectivity index (χ3v) is 5.27. The van der Waals surface area contributed by atoms with Crippen molar-refractivity contribution in [2.75, 3.05) is 13.7 Å². The number of methoxy groups -OCH3 is 1. The molecule has 2 N–H and O–H groups in total. The van der Waals surface area contributed by atoms with E-state index in [0.717, 1.165) is 43.6 Å². The highest BCUT2D eigenvalue weighted by atomic mass is 16.5. The number of fused-ring (bicyclic) bond motifs is 1. The fraction of sp³-hybridized carbons (Fsp3) is 0.350. The van der Waals surface area contributed by atoms with Crippen LogP contribution in [-0.4, -0.2) is 25.2 Å². The smallest absolute Gasteiger partial charge is 0.248 e. The Morgan fingerprint density at radius 3 is 2.50 bits per heavy atom. The van der Waals surface area contributed by atoms with Gasteiger partial charge in [0.05, 0.1) is 12.7 Å². The maximum Gasteiger partial charge on any atom is 0.248 e. The lowest BCUT2D eigenvalue weighted by molar-refractivity contribution is 0.0132. The first kappa shape index (κ1) is 15.2. The SMILES string of the molecule is COc1ccc(-c2ccc(C(N)=O)cc2)c2c1CC1(CCCO1)C2. The van der Waals surface area contributed by atoms with Crippen LogP contribution in [0.2, 0.25) is 0 Å². The molecule has 1 atom stereocenters. The fourth-order valence-electron chi connectivity index (χ4n) is 4.08. The predicted octanol–water partition coefficient (Wildman–Crippen LogP) is 3.11. The summed E-state index contributed by atoms with van der Waals surface area (Å²) < 4.78 is 11.7. The molecule has 124 valence electrons. The molecule has 1 unspecified atom stereocenters. The molecule has 2 aliphatic rings. The van der Waals surface area contributed by atoms with E-state index in [0.29, 0.717) is 5.56 Å². The van der Waals surface area contributed by atoms with E-state index in [-0.39, 0.29) is 5.60 Å². The van der Waals surface area contributed by atoms with Crippen molar-refractivity contribution < 1.29 is 14.3 Å². The van der Waals surface area contributed by atoms with Crippen molar-refractivity contribution in [1.82, 2.24) is 0 Å². The zero-order valence-electron chi connectivity index (χ0n) is 13.8. The van der Waals surface area contributed by atoms with Gasteiger partial charge in [-0.15, -0.1) is 0 Å². The van der Waals surface area contributed by atoms with Gasteiger partial charge < -0.3 is 15.2 Å². The first-order chi connectivity index (χ1) is 11.6. The number of benzene rings is 2. The summed E-state index contributed by atoms with van der Waals surface area (Å²) in [6, 6.07) is 11.6. The zero-order chi connectivity index (χ0) is 16.7. The van der Waals surface area contributed by atoms with E-state index >= 15 is 0 Å². The summed E-state index contributed by atoms with van der Waals surface area (Å²) in [4.78, 5) is 11.3. The predicted molar refractivity (Wildman–Crippen MR) is 92.3 cm³/mol. The van der Waals surface area contributed by atoms with Gasteiger partial charge in [-0.3, -0.25) is 4.79 Å². The van der Waals surface area contributed by atoms with Crippen molar-refractivity contribution >= 4 is 5.91 Å². The van der Waals surface area contributed by atoms with Crippen LogP contribution in [-0.2, 0) is 17.6 Å². The molecular weight excluding hydrogens is 302 g/mol. The summed E-state index contributed by atoms with van der Waals surface area (Å²) in [6.07, 6.45) is 4.06. The van der Waals surface area contributed by atoms with E-state index in [2.05, 4.69) is 6.07 Å². The van der Waals surface area contributed by atoms with Crippen LogP contribution >= 0.6 is 0 Å². The highest BCUT2D eigenvalue weighted by molar-refractivity contribution is 5.93. The second kappa shape index (κ2) is 5.64. The molecule has 0 saturated carbocycles. The van der Waals surface area contributed by atoms with Crippen LogP contribution in [0.25, 0.3) is 11.1 Å².